The molecule has 32 heavy (non-hydrogen) atoms. The molecule has 12 heteroatoms. The van der Waals surface area contributed by atoms with Gasteiger partial charge in [-0.25, -0.2) is 13.1 Å². The molecule has 2 aliphatic heterocycles. The second kappa shape index (κ2) is 8.91. The highest BCUT2D eigenvalue weighted by Gasteiger charge is 2.34. The molecule has 1 saturated heterocycles. The van der Waals surface area contributed by atoms with Gasteiger partial charge in [-0.05, 0) is 31.0 Å². The maximum atomic E-state index is 12.5. The summed E-state index contributed by atoms with van der Waals surface area (Å²) in [7, 11) is -3.36. The molecule has 0 spiro atoms. The lowest BCUT2D eigenvalue weighted by molar-refractivity contribution is -0.136. The summed E-state index contributed by atoms with van der Waals surface area (Å²) in [5.74, 6) is -2.06. The van der Waals surface area contributed by atoms with Crippen LogP contribution < -0.4 is 10.6 Å². The number of nitrogens with one attached hydrogen (secondary N) is 2. The zero-order valence-corrected chi connectivity index (χ0v) is 18.7. The van der Waals surface area contributed by atoms with Gasteiger partial charge in [-0.1, -0.05) is 17.7 Å². The first kappa shape index (κ1) is 22.3. The predicted octanol–water partition coefficient (Wildman–Crippen LogP) is 1.02. The molecule has 2 N–H and O–H groups in total. The second-order valence-corrected chi connectivity index (χ2v) is 10.2. The van der Waals surface area contributed by atoms with Crippen molar-refractivity contribution >= 4 is 45.0 Å². The number of aromatic nitrogens is 2. The van der Waals surface area contributed by atoms with Gasteiger partial charge in [0.25, 0.3) is 0 Å². The smallest absolute Gasteiger partial charge is 0.314 e. The molecular weight excluding hydrogens is 458 g/mol. The molecule has 0 atom stereocenters. The zero-order chi connectivity index (χ0) is 22.9. The van der Waals surface area contributed by atoms with Gasteiger partial charge in [0.15, 0.2) is 9.84 Å². The fraction of sp³-hybridized carbons (Fsp3) is 0.400. The molecule has 4 rings (SSSR count). The monoisotopic (exact) mass is 479 g/mol. The van der Waals surface area contributed by atoms with Crippen molar-refractivity contribution in [3.63, 3.8) is 0 Å². The van der Waals surface area contributed by atoms with E-state index in [0.717, 1.165) is 13.0 Å². The summed E-state index contributed by atoms with van der Waals surface area (Å²) in [4.78, 5) is 38.2. The van der Waals surface area contributed by atoms with Crippen molar-refractivity contribution in [2.24, 2.45) is 0 Å². The van der Waals surface area contributed by atoms with E-state index in [1.165, 1.54) is 4.68 Å². The summed E-state index contributed by atoms with van der Waals surface area (Å²) < 4.78 is 25.5. The van der Waals surface area contributed by atoms with Gasteiger partial charge in [0.2, 0.25) is 5.91 Å². The van der Waals surface area contributed by atoms with E-state index in [0.29, 0.717) is 41.4 Å². The van der Waals surface area contributed by atoms with Crippen LogP contribution in [0, 0.1) is 0 Å². The fourth-order valence-electron chi connectivity index (χ4n) is 3.82. The molecule has 1 aromatic heterocycles. The van der Waals surface area contributed by atoms with Crippen molar-refractivity contribution in [1.29, 1.82) is 0 Å². The van der Waals surface area contributed by atoms with Gasteiger partial charge in [-0.15, -0.1) is 0 Å². The summed E-state index contributed by atoms with van der Waals surface area (Å²) in [6, 6.07) is 6.70. The first-order chi connectivity index (χ1) is 15.2. The first-order valence-electron chi connectivity index (χ1n) is 10.2. The van der Waals surface area contributed by atoms with Crippen molar-refractivity contribution in [3.8, 4) is 5.69 Å². The lowest BCUT2D eigenvalue weighted by Crippen LogP contribution is -2.37. The van der Waals surface area contributed by atoms with Gasteiger partial charge in [-0.2, -0.15) is 5.10 Å². The third-order valence-electron chi connectivity index (χ3n) is 5.34. The van der Waals surface area contributed by atoms with E-state index in [1.807, 2.05) is 0 Å². The van der Waals surface area contributed by atoms with Gasteiger partial charge < -0.3 is 15.5 Å². The number of carbonyl (C=O) groups is 3. The second-order valence-electron chi connectivity index (χ2n) is 7.75. The number of carbonyl (C=O) groups excluding carboxylic acids is 3. The number of likely N-dealkylation sites (tertiary alicyclic amines) is 1. The number of fused-ring (bicyclic) bond motifs is 1. The first-order valence-corrected chi connectivity index (χ1v) is 12.4. The van der Waals surface area contributed by atoms with E-state index in [1.54, 1.807) is 29.2 Å². The molecule has 0 aliphatic carbocycles. The van der Waals surface area contributed by atoms with Crippen LogP contribution >= 0.6 is 11.6 Å². The number of benzene rings is 1. The third-order valence-corrected chi connectivity index (χ3v) is 7.02. The Bertz CT molecular complexity index is 1190. The highest BCUT2D eigenvalue weighted by Crippen LogP contribution is 2.33. The van der Waals surface area contributed by atoms with Crippen LogP contribution in [0.25, 0.3) is 5.69 Å². The quantitative estimate of drug-likeness (QED) is 0.470. The van der Waals surface area contributed by atoms with E-state index in [-0.39, 0.29) is 29.8 Å². The van der Waals surface area contributed by atoms with Crippen LogP contribution in [-0.2, 0) is 35.7 Å². The van der Waals surface area contributed by atoms with E-state index >= 15 is 0 Å². The SMILES string of the molecule is O=C(NCCCN1CCCC1=O)C(=O)Nc1c2c(nn1-c1cccc(Cl)c1)CS(=O)(=O)C2. The molecule has 3 amide bonds. The molecule has 0 radical (unpaired) electrons. The summed E-state index contributed by atoms with van der Waals surface area (Å²) >= 11 is 6.06. The van der Waals surface area contributed by atoms with Gasteiger partial charge >= 0.3 is 11.8 Å². The molecule has 0 bridgehead atoms. The minimum absolute atomic E-state index is 0.104. The molecule has 10 nitrogen and oxygen atoms in total. The maximum Gasteiger partial charge on any atom is 0.314 e. The summed E-state index contributed by atoms with van der Waals surface area (Å²) in [6.07, 6.45) is 1.92. The summed E-state index contributed by atoms with van der Waals surface area (Å²) in [5, 5.41) is 9.81. The van der Waals surface area contributed by atoms with Crippen LogP contribution in [0.4, 0.5) is 5.82 Å². The highest BCUT2D eigenvalue weighted by atomic mass is 35.5. The van der Waals surface area contributed by atoms with Crippen LogP contribution in [0.3, 0.4) is 0 Å². The average Bonchev–Trinajstić information content (AvgIpc) is 3.37. The number of hydrogen-bond donors (Lipinski definition) is 2. The fourth-order valence-corrected chi connectivity index (χ4v) is 5.50. The molecule has 2 aliphatic rings. The summed E-state index contributed by atoms with van der Waals surface area (Å²) in [5.41, 5.74) is 1.21. The largest absolute Gasteiger partial charge is 0.348 e. The van der Waals surface area contributed by atoms with Gasteiger partial charge in [0, 0.05) is 36.6 Å². The van der Waals surface area contributed by atoms with Gasteiger partial charge in [0.05, 0.1) is 22.9 Å². The van der Waals surface area contributed by atoms with Crippen LogP contribution in [0.2, 0.25) is 5.02 Å². The number of hydrogen-bond acceptors (Lipinski definition) is 6. The van der Waals surface area contributed by atoms with E-state index in [2.05, 4.69) is 15.7 Å². The van der Waals surface area contributed by atoms with Crippen molar-refractivity contribution in [1.82, 2.24) is 20.0 Å². The zero-order valence-electron chi connectivity index (χ0n) is 17.1. The number of nitrogens with zero attached hydrogens (tertiary/aromatic N) is 3. The van der Waals surface area contributed by atoms with Crippen LogP contribution in [0.1, 0.15) is 30.5 Å². The van der Waals surface area contributed by atoms with E-state index in [9.17, 15) is 22.8 Å². The Morgan fingerprint density at radius 1 is 1.19 bits per heavy atom. The molecular formula is C20H22ClN5O5S. The number of halogens is 1. The Labute approximate surface area is 189 Å². The lowest BCUT2D eigenvalue weighted by atomic mass is 10.2. The van der Waals surface area contributed by atoms with Crippen molar-refractivity contribution in [2.75, 3.05) is 25.0 Å². The Morgan fingerprint density at radius 2 is 2.00 bits per heavy atom. The Kier molecular flexibility index (Phi) is 6.20. The van der Waals surface area contributed by atoms with Crippen molar-refractivity contribution in [3.05, 3.63) is 40.5 Å². The van der Waals surface area contributed by atoms with Gasteiger partial charge in [0.1, 0.15) is 5.82 Å². The van der Waals surface area contributed by atoms with Crippen LogP contribution in [-0.4, -0.2) is 60.5 Å². The van der Waals surface area contributed by atoms with Crippen molar-refractivity contribution < 1.29 is 22.8 Å². The predicted molar refractivity (Wildman–Crippen MR) is 117 cm³/mol. The number of anilines is 1. The molecule has 0 saturated carbocycles. The van der Waals surface area contributed by atoms with Crippen LogP contribution in [0.5, 0.6) is 0 Å². The number of rotatable bonds is 6. The Balaban J connectivity index is 1.45. The lowest BCUT2D eigenvalue weighted by Gasteiger charge is -2.15. The van der Waals surface area contributed by atoms with Gasteiger partial charge in [-0.3, -0.25) is 14.4 Å². The molecule has 2 aromatic rings. The molecule has 1 fully saturated rings. The number of amides is 3. The Morgan fingerprint density at radius 3 is 2.72 bits per heavy atom. The normalized spacial score (nSPS) is 16.8. The topological polar surface area (TPSA) is 130 Å². The Hall–Kier alpha value is -2.92. The summed E-state index contributed by atoms with van der Waals surface area (Å²) in [6.45, 7) is 1.47. The van der Waals surface area contributed by atoms with Crippen molar-refractivity contribution in [2.45, 2.75) is 30.8 Å². The standard InChI is InChI=1S/C20H22ClN5O5S/c21-13-4-1-5-14(10-13)26-18(15-11-32(30,31)12-16(15)24-26)23-20(29)19(28)22-7-3-9-25-8-2-6-17(25)27/h1,4-5,10H,2-3,6-9,11-12H2,(H,22,28)(H,23,29). The van der Waals surface area contributed by atoms with E-state index in [4.69, 9.17) is 11.6 Å². The average molecular weight is 480 g/mol. The highest BCUT2D eigenvalue weighted by molar-refractivity contribution is 7.90. The van der Waals surface area contributed by atoms with Crippen LogP contribution in [0.15, 0.2) is 24.3 Å². The number of sulfone groups is 1. The molecule has 170 valence electrons. The van der Waals surface area contributed by atoms with E-state index < -0.39 is 21.7 Å². The molecule has 0 unspecified atom stereocenters. The minimum atomic E-state index is -3.36. The minimum Gasteiger partial charge on any atom is -0.348 e. The molecule has 1 aromatic carbocycles. The maximum absolute atomic E-state index is 12.5. The third kappa shape index (κ3) is 4.78. The molecule has 3 heterocycles.